The van der Waals surface area contributed by atoms with Crippen LogP contribution in [0.25, 0.3) is 0 Å². The van der Waals surface area contributed by atoms with Crippen molar-refractivity contribution in [3.05, 3.63) is 59.7 Å². The number of rotatable bonds is 9. The van der Waals surface area contributed by atoms with E-state index < -0.39 is 10.0 Å². The fraction of sp³-hybridized carbons (Fsp3) is 0.435. The standard InChI is InChI=1S/C23H33N3O3S/c1-7-18-11-13-19(14-12-18)22(16(2)3)24-17(4)23(27)25-20-9-8-10-21(15-20)30(28,29)26(5)6/h8-17,22,24H,7H2,1-6H3,(H,25,27)/p+1/t17-,22+/m1/s1. The zero-order valence-corrected chi connectivity index (χ0v) is 19.5. The lowest BCUT2D eigenvalue weighted by molar-refractivity contribution is -0.718. The van der Waals surface area contributed by atoms with Crippen LogP contribution in [0.1, 0.15) is 44.9 Å². The van der Waals surface area contributed by atoms with Crippen LogP contribution in [0, 0.1) is 5.92 Å². The van der Waals surface area contributed by atoms with Gasteiger partial charge in [-0.3, -0.25) is 4.79 Å². The maximum atomic E-state index is 12.8. The summed E-state index contributed by atoms with van der Waals surface area (Å²) in [7, 11) is -0.588. The maximum Gasteiger partial charge on any atom is 0.282 e. The Morgan fingerprint density at radius 2 is 1.70 bits per heavy atom. The molecule has 0 saturated heterocycles. The predicted octanol–water partition coefficient (Wildman–Crippen LogP) is 2.79. The van der Waals surface area contributed by atoms with Crippen LogP contribution in [0.4, 0.5) is 5.69 Å². The molecule has 0 aliphatic carbocycles. The summed E-state index contributed by atoms with van der Waals surface area (Å²) in [5.74, 6) is 0.187. The molecule has 0 aliphatic heterocycles. The summed E-state index contributed by atoms with van der Waals surface area (Å²) in [6, 6.07) is 14.7. The Morgan fingerprint density at radius 1 is 1.07 bits per heavy atom. The largest absolute Gasteiger partial charge is 0.330 e. The number of anilines is 1. The van der Waals surface area contributed by atoms with E-state index in [0.717, 1.165) is 10.7 Å². The van der Waals surface area contributed by atoms with E-state index in [0.29, 0.717) is 11.6 Å². The van der Waals surface area contributed by atoms with Crippen molar-refractivity contribution in [3.63, 3.8) is 0 Å². The molecule has 0 spiro atoms. The number of carbonyl (C=O) groups excluding carboxylic acids is 1. The van der Waals surface area contributed by atoms with E-state index in [2.05, 4.69) is 55.7 Å². The Labute approximate surface area is 180 Å². The lowest BCUT2D eigenvalue weighted by Gasteiger charge is -2.23. The van der Waals surface area contributed by atoms with Gasteiger partial charge in [0.15, 0.2) is 6.04 Å². The van der Waals surface area contributed by atoms with E-state index >= 15 is 0 Å². The second-order valence-electron chi connectivity index (χ2n) is 8.15. The highest BCUT2D eigenvalue weighted by Gasteiger charge is 2.26. The number of carbonyl (C=O) groups is 1. The fourth-order valence-electron chi connectivity index (χ4n) is 3.29. The molecule has 0 unspecified atom stereocenters. The highest BCUT2D eigenvalue weighted by atomic mass is 32.2. The zero-order valence-electron chi connectivity index (χ0n) is 18.7. The van der Waals surface area contributed by atoms with Crippen LogP contribution in [-0.2, 0) is 21.2 Å². The Bertz CT molecular complexity index is 954. The van der Waals surface area contributed by atoms with Crippen LogP contribution < -0.4 is 10.6 Å². The summed E-state index contributed by atoms with van der Waals surface area (Å²) in [6.07, 6.45) is 0.998. The van der Waals surface area contributed by atoms with Gasteiger partial charge in [-0.25, -0.2) is 12.7 Å². The number of amides is 1. The molecule has 164 valence electrons. The van der Waals surface area contributed by atoms with Gasteiger partial charge in [0.05, 0.1) is 4.90 Å². The quantitative estimate of drug-likeness (QED) is 0.639. The summed E-state index contributed by atoms with van der Waals surface area (Å²) < 4.78 is 25.8. The lowest BCUT2D eigenvalue weighted by atomic mass is 9.94. The molecule has 2 rings (SSSR count). The maximum absolute atomic E-state index is 12.8. The van der Waals surface area contributed by atoms with Gasteiger partial charge >= 0.3 is 0 Å². The van der Waals surface area contributed by atoms with Gasteiger partial charge in [0.1, 0.15) is 6.04 Å². The molecule has 0 heterocycles. The first-order valence-corrected chi connectivity index (χ1v) is 11.8. The summed E-state index contributed by atoms with van der Waals surface area (Å²) in [4.78, 5) is 12.9. The fourth-order valence-corrected chi connectivity index (χ4v) is 4.24. The molecule has 3 N–H and O–H groups in total. The third kappa shape index (κ3) is 5.90. The minimum atomic E-state index is -3.55. The second-order valence-corrected chi connectivity index (χ2v) is 10.3. The van der Waals surface area contributed by atoms with Gasteiger partial charge in [0, 0.05) is 31.3 Å². The third-order valence-electron chi connectivity index (χ3n) is 5.28. The molecule has 0 saturated carbocycles. The average Bonchev–Trinajstić information content (AvgIpc) is 2.71. The number of hydrogen-bond donors (Lipinski definition) is 2. The molecule has 0 aromatic heterocycles. The van der Waals surface area contributed by atoms with Crippen LogP contribution >= 0.6 is 0 Å². The smallest absolute Gasteiger partial charge is 0.282 e. The summed E-state index contributed by atoms with van der Waals surface area (Å²) in [5.41, 5.74) is 2.96. The lowest BCUT2D eigenvalue weighted by Crippen LogP contribution is -2.93. The number of aryl methyl sites for hydroxylation is 1. The number of nitrogens with two attached hydrogens (primary N) is 1. The molecule has 30 heavy (non-hydrogen) atoms. The molecule has 2 aromatic rings. The van der Waals surface area contributed by atoms with Crippen molar-refractivity contribution in [2.45, 2.75) is 51.1 Å². The molecule has 7 heteroatoms. The van der Waals surface area contributed by atoms with Crippen molar-refractivity contribution in [1.82, 2.24) is 4.31 Å². The van der Waals surface area contributed by atoms with Gasteiger partial charge in [-0.2, -0.15) is 0 Å². The average molecular weight is 433 g/mol. The molecule has 6 nitrogen and oxygen atoms in total. The first-order chi connectivity index (χ1) is 14.1. The Kier molecular flexibility index (Phi) is 8.18. The number of benzene rings is 2. The van der Waals surface area contributed by atoms with E-state index in [1.165, 1.54) is 37.4 Å². The minimum Gasteiger partial charge on any atom is -0.330 e. The molecule has 0 fully saturated rings. The number of quaternary nitrogens is 1. The Balaban J connectivity index is 2.13. The number of nitrogens with zero attached hydrogens (tertiary/aromatic N) is 1. The van der Waals surface area contributed by atoms with Gasteiger partial charge in [-0.1, -0.05) is 51.1 Å². The van der Waals surface area contributed by atoms with Crippen LogP contribution in [0.2, 0.25) is 0 Å². The van der Waals surface area contributed by atoms with Gasteiger partial charge in [-0.05, 0) is 37.1 Å². The highest BCUT2D eigenvalue weighted by molar-refractivity contribution is 7.89. The molecular formula is C23H34N3O3S+. The van der Waals surface area contributed by atoms with Crippen LogP contribution in [-0.4, -0.2) is 38.8 Å². The molecule has 0 bridgehead atoms. The Hall–Kier alpha value is -2.22. The molecule has 0 aliphatic rings. The highest BCUT2D eigenvalue weighted by Crippen LogP contribution is 2.20. The van der Waals surface area contributed by atoms with Crippen LogP contribution in [0.3, 0.4) is 0 Å². The van der Waals surface area contributed by atoms with Crippen molar-refractivity contribution in [3.8, 4) is 0 Å². The van der Waals surface area contributed by atoms with Gasteiger partial charge < -0.3 is 10.6 Å². The topological polar surface area (TPSA) is 83.1 Å². The molecule has 1 amide bonds. The van der Waals surface area contributed by atoms with Gasteiger partial charge in [0.25, 0.3) is 5.91 Å². The minimum absolute atomic E-state index is 0.150. The first kappa shape index (κ1) is 24.1. The number of hydrogen-bond acceptors (Lipinski definition) is 3. The number of nitrogens with one attached hydrogen (secondary N) is 1. The number of sulfonamides is 1. The molecule has 2 aromatic carbocycles. The van der Waals surface area contributed by atoms with E-state index in [4.69, 9.17) is 0 Å². The SMILES string of the molecule is CCc1ccc([C@@H]([NH2+][C@H](C)C(=O)Nc2cccc(S(=O)(=O)N(C)C)c2)C(C)C)cc1. The van der Waals surface area contributed by atoms with Crippen molar-refractivity contribution < 1.29 is 18.5 Å². The third-order valence-corrected chi connectivity index (χ3v) is 7.09. The van der Waals surface area contributed by atoms with Crippen molar-refractivity contribution >= 4 is 21.6 Å². The molecule has 0 radical (unpaired) electrons. The van der Waals surface area contributed by atoms with E-state index in [1.807, 2.05) is 6.92 Å². The summed E-state index contributed by atoms with van der Waals surface area (Å²) in [6.45, 7) is 8.29. The van der Waals surface area contributed by atoms with E-state index in [9.17, 15) is 13.2 Å². The van der Waals surface area contributed by atoms with E-state index in [1.54, 1.807) is 12.1 Å². The monoisotopic (exact) mass is 432 g/mol. The van der Waals surface area contributed by atoms with Crippen molar-refractivity contribution in [2.24, 2.45) is 5.92 Å². The molecular weight excluding hydrogens is 398 g/mol. The second kappa shape index (κ2) is 10.2. The van der Waals surface area contributed by atoms with Gasteiger partial charge in [-0.15, -0.1) is 0 Å². The van der Waals surface area contributed by atoms with Crippen LogP contribution in [0.5, 0.6) is 0 Å². The normalized spacial score (nSPS) is 14.0. The van der Waals surface area contributed by atoms with Crippen LogP contribution in [0.15, 0.2) is 53.4 Å². The molecule has 2 atom stereocenters. The zero-order chi connectivity index (χ0) is 22.5. The van der Waals surface area contributed by atoms with Crippen molar-refractivity contribution in [2.75, 3.05) is 19.4 Å². The summed E-state index contributed by atoms with van der Waals surface area (Å²) >= 11 is 0. The van der Waals surface area contributed by atoms with Gasteiger partial charge in [0.2, 0.25) is 10.0 Å². The Morgan fingerprint density at radius 3 is 2.23 bits per heavy atom. The summed E-state index contributed by atoms with van der Waals surface area (Å²) in [5, 5.41) is 4.92. The van der Waals surface area contributed by atoms with Crippen molar-refractivity contribution in [1.29, 1.82) is 0 Å². The predicted molar refractivity (Wildman–Crippen MR) is 121 cm³/mol. The van der Waals surface area contributed by atoms with E-state index in [-0.39, 0.29) is 22.9 Å². The first-order valence-electron chi connectivity index (χ1n) is 10.3.